The number of sulfonamides is 1. The first kappa shape index (κ1) is 22.6. The summed E-state index contributed by atoms with van der Waals surface area (Å²) in [6.07, 6.45) is 2.42. The second-order valence-electron chi connectivity index (χ2n) is 6.29. The number of benzene rings is 2. The Labute approximate surface area is 184 Å². The Bertz CT molecular complexity index is 1230. The van der Waals surface area contributed by atoms with Gasteiger partial charge >= 0.3 is 11.9 Å². The van der Waals surface area contributed by atoms with Gasteiger partial charge in [-0.2, -0.15) is 5.10 Å². The van der Waals surface area contributed by atoms with Gasteiger partial charge in [-0.1, -0.05) is 18.2 Å². The number of esters is 2. The van der Waals surface area contributed by atoms with E-state index in [2.05, 4.69) is 24.6 Å². The number of nitrogens with zero attached hydrogens (tertiary/aromatic N) is 2. The molecule has 0 amide bonds. The average molecular weight is 456 g/mol. The van der Waals surface area contributed by atoms with E-state index in [1.54, 1.807) is 18.2 Å². The number of hydrogen-bond donors (Lipinski definition) is 2. The van der Waals surface area contributed by atoms with Crippen molar-refractivity contribution in [1.82, 2.24) is 9.78 Å². The predicted molar refractivity (Wildman–Crippen MR) is 117 cm³/mol. The zero-order chi connectivity index (χ0) is 23.1. The van der Waals surface area contributed by atoms with Crippen molar-refractivity contribution in [3.8, 4) is 5.69 Å². The lowest BCUT2D eigenvalue weighted by Crippen LogP contribution is -2.17. The Balaban J connectivity index is 1.80. The van der Waals surface area contributed by atoms with Gasteiger partial charge in [0.25, 0.3) is 10.0 Å². The summed E-state index contributed by atoms with van der Waals surface area (Å²) in [4.78, 5) is 23.3. The highest BCUT2D eigenvalue weighted by Crippen LogP contribution is 2.21. The third-order valence-electron chi connectivity index (χ3n) is 4.19. The van der Waals surface area contributed by atoms with Crippen LogP contribution < -0.4 is 10.0 Å². The Morgan fingerprint density at radius 2 is 1.66 bits per heavy atom. The molecule has 32 heavy (non-hydrogen) atoms. The smallest absolute Gasteiger partial charge is 0.354 e. The summed E-state index contributed by atoms with van der Waals surface area (Å²) in [7, 11) is -1.59. The molecule has 0 radical (unpaired) electrons. The van der Waals surface area contributed by atoms with Crippen molar-refractivity contribution in [2.45, 2.75) is 4.90 Å². The van der Waals surface area contributed by atoms with Crippen LogP contribution in [0.4, 0.5) is 11.5 Å². The fourth-order valence-electron chi connectivity index (χ4n) is 2.66. The highest BCUT2D eigenvalue weighted by Gasteiger charge is 2.18. The van der Waals surface area contributed by atoms with Gasteiger partial charge in [0.1, 0.15) is 11.5 Å². The van der Waals surface area contributed by atoms with E-state index >= 15 is 0 Å². The highest BCUT2D eigenvalue weighted by atomic mass is 32.2. The first-order valence-corrected chi connectivity index (χ1v) is 10.7. The van der Waals surface area contributed by atoms with Gasteiger partial charge in [-0.3, -0.25) is 4.72 Å². The minimum Gasteiger partial charge on any atom is -0.466 e. The van der Waals surface area contributed by atoms with Crippen LogP contribution in [-0.4, -0.2) is 44.4 Å². The van der Waals surface area contributed by atoms with E-state index in [0.717, 1.165) is 13.2 Å². The predicted octanol–water partition coefficient (Wildman–Crippen LogP) is 2.31. The van der Waals surface area contributed by atoms with Crippen molar-refractivity contribution in [1.29, 1.82) is 0 Å². The van der Waals surface area contributed by atoms with E-state index in [9.17, 15) is 18.0 Å². The lowest BCUT2D eigenvalue weighted by Gasteiger charge is -2.12. The Hall–Kier alpha value is -4.12. The van der Waals surface area contributed by atoms with Crippen LogP contribution in [0.3, 0.4) is 0 Å². The van der Waals surface area contributed by atoms with Crippen LogP contribution in [-0.2, 0) is 29.1 Å². The fourth-order valence-corrected chi connectivity index (χ4v) is 3.70. The van der Waals surface area contributed by atoms with Crippen LogP contribution in [0.2, 0.25) is 0 Å². The second-order valence-corrected chi connectivity index (χ2v) is 7.97. The number of hydrogen-bond acceptors (Lipinski definition) is 8. The molecule has 3 rings (SSSR count). The summed E-state index contributed by atoms with van der Waals surface area (Å²) in [6, 6.07) is 16.2. The molecule has 0 aliphatic carbocycles. The first-order valence-electron chi connectivity index (χ1n) is 9.21. The van der Waals surface area contributed by atoms with E-state index in [1.165, 1.54) is 42.3 Å². The maximum Gasteiger partial charge on any atom is 0.354 e. The van der Waals surface area contributed by atoms with Crippen LogP contribution in [0, 0.1) is 0 Å². The minimum atomic E-state index is -3.92. The number of nitrogens with one attached hydrogen (secondary N) is 2. The van der Waals surface area contributed by atoms with Crippen molar-refractivity contribution >= 4 is 33.5 Å². The van der Waals surface area contributed by atoms with Crippen molar-refractivity contribution in [3.05, 3.63) is 78.6 Å². The third-order valence-corrected chi connectivity index (χ3v) is 5.57. The van der Waals surface area contributed by atoms with Gasteiger partial charge < -0.3 is 14.8 Å². The standard InChI is InChI=1S/C21H20N4O6S/c1-30-20(26)14-18(21(27)31-2)23-15-8-10-17(11-9-15)32(28,29)24-19-12-13-22-25(19)16-6-4-3-5-7-16/h3-14,23-24H,1-2H3/b18-14+. The lowest BCUT2D eigenvalue weighted by molar-refractivity contribution is -0.138. The summed E-state index contributed by atoms with van der Waals surface area (Å²) in [5.74, 6) is -1.27. The number of carbonyl (C=O) groups is 2. The van der Waals surface area contributed by atoms with Gasteiger partial charge in [-0.05, 0) is 36.4 Å². The zero-order valence-electron chi connectivity index (χ0n) is 17.2. The van der Waals surface area contributed by atoms with Crippen LogP contribution in [0.25, 0.3) is 5.69 Å². The molecular formula is C21H20N4O6S. The zero-order valence-corrected chi connectivity index (χ0v) is 18.0. The SMILES string of the molecule is COC(=O)/C=C(/Nc1ccc(S(=O)(=O)Nc2ccnn2-c2ccccc2)cc1)C(=O)OC. The molecule has 166 valence electrons. The summed E-state index contributed by atoms with van der Waals surface area (Å²) < 4.78 is 38.8. The molecule has 0 unspecified atom stereocenters. The Morgan fingerprint density at radius 3 is 2.28 bits per heavy atom. The van der Waals surface area contributed by atoms with Gasteiger partial charge in [-0.25, -0.2) is 22.7 Å². The summed E-state index contributed by atoms with van der Waals surface area (Å²) >= 11 is 0. The summed E-state index contributed by atoms with van der Waals surface area (Å²) in [6.45, 7) is 0. The fraction of sp³-hybridized carbons (Fsp3) is 0.0952. The van der Waals surface area contributed by atoms with E-state index in [1.807, 2.05) is 18.2 Å². The molecule has 1 heterocycles. The minimum absolute atomic E-state index is 0.0135. The molecule has 0 saturated carbocycles. The molecule has 0 saturated heterocycles. The van der Waals surface area contributed by atoms with Crippen molar-refractivity contribution in [3.63, 3.8) is 0 Å². The van der Waals surface area contributed by atoms with Crippen LogP contribution in [0.5, 0.6) is 0 Å². The molecule has 10 nitrogen and oxygen atoms in total. The molecule has 0 fully saturated rings. The number of methoxy groups -OCH3 is 2. The lowest BCUT2D eigenvalue weighted by atomic mass is 10.3. The van der Waals surface area contributed by atoms with E-state index in [4.69, 9.17) is 0 Å². The molecule has 1 aromatic heterocycles. The number of carbonyl (C=O) groups excluding carboxylic acids is 2. The van der Waals surface area contributed by atoms with E-state index in [-0.39, 0.29) is 16.4 Å². The van der Waals surface area contributed by atoms with Crippen LogP contribution >= 0.6 is 0 Å². The Kier molecular flexibility index (Phi) is 6.90. The number of aromatic nitrogens is 2. The largest absolute Gasteiger partial charge is 0.466 e. The van der Waals surface area contributed by atoms with Gasteiger partial charge in [-0.15, -0.1) is 0 Å². The topological polar surface area (TPSA) is 129 Å². The summed E-state index contributed by atoms with van der Waals surface area (Å²) in [5.41, 5.74) is 0.890. The number of ether oxygens (including phenoxy) is 2. The normalized spacial score (nSPS) is 11.5. The van der Waals surface area contributed by atoms with Crippen molar-refractivity contribution < 1.29 is 27.5 Å². The molecule has 0 aliphatic heterocycles. The molecule has 2 aromatic carbocycles. The Morgan fingerprint density at radius 1 is 0.969 bits per heavy atom. The van der Waals surface area contributed by atoms with E-state index < -0.39 is 22.0 Å². The monoisotopic (exact) mass is 456 g/mol. The quantitative estimate of drug-likeness (QED) is 0.390. The molecule has 2 N–H and O–H groups in total. The van der Waals surface area contributed by atoms with Crippen molar-refractivity contribution in [2.75, 3.05) is 24.3 Å². The van der Waals surface area contributed by atoms with Gasteiger partial charge in [0.05, 0.1) is 37.1 Å². The molecular weight excluding hydrogens is 436 g/mol. The number of rotatable bonds is 8. The maximum absolute atomic E-state index is 12.8. The number of anilines is 2. The molecule has 0 spiro atoms. The van der Waals surface area contributed by atoms with Gasteiger partial charge in [0.2, 0.25) is 0 Å². The van der Waals surface area contributed by atoms with Crippen LogP contribution in [0.1, 0.15) is 0 Å². The number of para-hydroxylation sites is 1. The van der Waals surface area contributed by atoms with E-state index in [0.29, 0.717) is 11.4 Å². The molecule has 0 aliphatic rings. The highest BCUT2D eigenvalue weighted by molar-refractivity contribution is 7.92. The first-order chi connectivity index (χ1) is 15.3. The third kappa shape index (κ3) is 5.32. The second kappa shape index (κ2) is 9.79. The van der Waals surface area contributed by atoms with Gasteiger partial charge in [0, 0.05) is 11.8 Å². The average Bonchev–Trinajstić information content (AvgIpc) is 3.26. The molecule has 11 heteroatoms. The van der Waals surface area contributed by atoms with Crippen molar-refractivity contribution in [2.24, 2.45) is 0 Å². The maximum atomic E-state index is 12.8. The molecule has 0 bridgehead atoms. The van der Waals surface area contributed by atoms with Gasteiger partial charge in [0.15, 0.2) is 0 Å². The molecule has 0 atom stereocenters. The summed E-state index contributed by atoms with van der Waals surface area (Å²) in [5, 5.41) is 6.86. The molecule has 3 aromatic rings. The van der Waals surface area contributed by atoms with Crippen LogP contribution in [0.15, 0.2) is 83.5 Å².